The van der Waals surface area contributed by atoms with E-state index in [-0.39, 0.29) is 12.0 Å². The first-order valence-corrected chi connectivity index (χ1v) is 12.8. The van der Waals surface area contributed by atoms with Gasteiger partial charge in [-0.05, 0) is 44.7 Å². The number of carbonyl (C=O) groups is 1. The Labute approximate surface area is 207 Å². The maximum Gasteiger partial charge on any atom is 0.242 e. The number of nitrogens with zero attached hydrogens (tertiary/aromatic N) is 5. The number of aliphatic hydroxyl groups excluding tert-OH is 1. The van der Waals surface area contributed by atoms with Gasteiger partial charge in [-0.2, -0.15) is 4.98 Å². The Morgan fingerprint density at radius 1 is 1.14 bits per heavy atom. The van der Waals surface area contributed by atoms with Gasteiger partial charge in [-0.15, -0.1) is 0 Å². The summed E-state index contributed by atoms with van der Waals surface area (Å²) in [7, 11) is 1.66. The Bertz CT molecular complexity index is 1050. The van der Waals surface area contributed by atoms with Gasteiger partial charge in [0, 0.05) is 49.2 Å². The molecule has 2 aromatic rings. The zero-order valence-electron chi connectivity index (χ0n) is 20.7. The zero-order chi connectivity index (χ0) is 24.4. The highest BCUT2D eigenvalue weighted by Crippen LogP contribution is 2.35. The van der Waals surface area contributed by atoms with Crippen LogP contribution in [0.4, 0.5) is 23.1 Å². The fourth-order valence-corrected chi connectivity index (χ4v) is 5.46. The number of anilines is 4. The molecule has 2 fully saturated rings. The van der Waals surface area contributed by atoms with E-state index in [1.165, 1.54) is 12.8 Å². The van der Waals surface area contributed by atoms with Crippen LogP contribution in [-0.4, -0.2) is 71.3 Å². The van der Waals surface area contributed by atoms with Crippen LogP contribution < -0.4 is 19.9 Å². The summed E-state index contributed by atoms with van der Waals surface area (Å²) in [6, 6.07) is 6.42. The van der Waals surface area contributed by atoms with Crippen molar-refractivity contribution in [2.24, 2.45) is 0 Å². The number of carbonyl (C=O) groups excluding carboxylic acids is 1. The second-order valence-corrected chi connectivity index (χ2v) is 9.74. The lowest BCUT2D eigenvalue weighted by Gasteiger charge is -2.32. The average molecular weight is 481 g/mol. The summed E-state index contributed by atoms with van der Waals surface area (Å²) in [5.74, 6) is 2.22. The molecule has 2 aliphatic heterocycles. The molecule has 9 nitrogen and oxygen atoms in total. The van der Waals surface area contributed by atoms with Crippen molar-refractivity contribution in [2.75, 3.05) is 48.4 Å². The van der Waals surface area contributed by atoms with E-state index >= 15 is 0 Å². The number of aromatic nitrogens is 2. The Morgan fingerprint density at radius 2 is 1.91 bits per heavy atom. The average Bonchev–Trinajstić information content (AvgIpc) is 3.37. The zero-order valence-corrected chi connectivity index (χ0v) is 20.7. The van der Waals surface area contributed by atoms with Gasteiger partial charge in [0.25, 0.3) is 0 Å². The first-order valence-electron chi connectivity index (χ1n) is 12.8. The summed E-state index contributed by atoms with van der Waals surface area (Å²) < 4.78 is 5.69. The van der Waals surface area contributed by atoms with E-state index in [1.807, 2.05) is 30.2 Å². The molecule has 0 radical (unpaired) electrons. The molecule has 2 N–H and O–H groups in total. The molecule has 1 aliphatic carbocycles. The van der Waals surface area contributed by atoms with Crippen LogP contribution in [0.2, 0.25) is 0 Å². The van der Waals surface area contributed by atoms with Crippen molar-refractivity contribution >= 4 is 29.0 Å². The van der Waals surface area contributed by atoms with Crippen LogP contribution in [0.3, 0.4) is 0 Å². The number of likely N-dealkylation sites (N-methyl/N-ethyl adjacent to an activating group) is 1. The number of nitrogens with one attached hydrogen (secondary N) is 1. The van der Waals surface area contributed by atoms with E-state index in [1.54, 1.807) is 7.11 Å². The number of amides is 1. The molecule has 35 heavy (non-hydrogen) atoms. The predicted octanol–water partition coefficient (Wildman–Crippen LogP) is 3.30. The topological polar surface area (TPSA) is 94.1 Å². The fraction of sp³-hybridized carbons (Fsp3) is 0.577. The van der Waals surface area contributed by atoms with Crippen LogP contribution in [0, 0.1) is 0 Å². The van der Waals surface area contributed by atoms with Crippen LogP contribution in [-0.2, 0) is 11.3 Å². The minimum Gasteiger partial charge on any atom is -0.494 e. The first-order chi connectivity index (χ1) is 17.1. The van der Waals surface area contributed by atoms with Crippen LogP contribution in [0.15, 0.2) is 24.4 Å². The third kappa shape index (κ3) is 5.00. The van der Waals surface area contributed by atoms with Crippen molar-refractivity contribution in [3.8, 4) is 5.75 Å². The van der Waals surface area contributed by atoms with E-state index in [9.17, 15) is 9.90 Å². The fourth-order valence-electron chi connectivity index (χ4n) is 5.46. The standard InChI is InChI=1S/C26H36N6O3/c1-3-30-16-18-15-27-26(29-25(18)32(17-24(30)34)19-6-4-5-7-19)28-22-9-8-20(14-23(22)35-2)31-12-10-21(33)11-13-31/h8-9,14-15,19,21,33H,3-7,10-13,16-17H2,1-2H3,(H,27,28,29). The third-order valence-corrected chi connectivity index (χ3v) is 7.54. The van der Waals surface area contributed by atoms with Crippen molar-refractivity contribution in [1.82, 2.24) is 14.9 Å². The molecular weight excluding hydrogens is 444 g/mol. The van der Waals surface area contributed by atoms with Gasteiger partial charge in [-0.3, -0.25) is 4.79 Å². The largest absolute Gasteiger partial charge is 0.494 e. The lowest BCUT2D eigenvalue weighted by Crippen LogP contribution is -2.41. The molecule has 3 aliphatic rings. The molecule has 5 rings (SSSR count). The summed E-state index contributed by atoms with van der Waals surface area (Å²) in [6.45, 7) is 5.25. The van der Waals surface area contributed by atoms with Gasteiger partial charge in [0.2, 0.25) is 11.9 Å². The Kier molecular flexibility index (Phi) is 6.95. The number of aliphatic hydroxyl groups is 1. The summed E-state index contributed by atoms with van der Waals surface area (Å²) in [4.78, 5) is 28.8. The molecular formula is C26H36N6O3. The summed E-state index contributed by atoms with van der Waals surface area (Å²) in [5.41, 5.74) is 2.86. The number of benzene rings is 1. The van der Waals surface area contributed by atoms with E-state index in [0.717, 1.165) is 61.5 Å². The number of fused-ring (bicyclic) bond motifs is 1. The van der Waals surface area contributed by atoms with Crippen LogP contribution in [0.25, 0.3) is 0 Å². The van der Waals surface area contributed by atoms with Crippen molar-refractivity contribution in [3.05, 3.63) is 30.0 Å². The first kappa shape index (κ1) is 23.7. The van der Waals surface area contributed by atoms with Gasteiger partial charge in [0.05, 0.1) is 32.0 Å². The molecule has 1 aromatic heterocycles. The SMILES string of the molecule is CCN1Cc2cnc(Nc3ccc(N4CCC(O)CC4)cc3OC)nc2N(C2CCCC2)CC1=O. The van der Waals surface area contributed by atoms with Crippen molar-refractivity contribution in [3.63, 3.8) is 0 Å². The highest BCUT2D eigenvalue weighted by molar-refractivity contribution is 5.83. The van der Waals surface area contributed by atoms with Gasteiger partial charge in [0.15, 0.2) is 0 Å². The van der Waals surface area contributed by atoms with Crippen molar-refractivity contribution in [2.45, 2.75) is 64.1 Å². The van der Waals surface area contributed by atoms with E-state index < -0.39 is 0 Å². The highest BCUT2D eigenvalue weighted by Gasteiger charge is 2.32. The van der Waals surface area contributed by atoms with E-state index in [2.05, 4.69) is 26.2 Å². The second-order valence-electron chi connectivity index (χ2n) is 9.74. The summed E-state index contributed by atoms with van der Waals surface area (Å²) in [5, 5.41) is 13.2. The quantitative estimate of drug-likeness (QED) is 0.651. The highest BCUT2D eigenvalue weighted by atomic mass is 16.5. The summed E-state index contributed by atoms with van der Waals surface area (Å²) >= 11 is 0. The smallest absolute Gasteiger partial charge is 0.242 e. The van der Waals surface area contributed by atoms with Gasteiger partial charge >= 0.3 is 0 Å². The number of hydrogen-bond acceptors (Lipinski definition) is 8. The van der Waals surface area contributed by atoms with Crippen LogP contribution >= 0.6 is 0 Å². The van der Waals surface area contributed by atoms with Gasteiger partial charge in [-0.25, -0.2) is 4.98 Å². The van der Waals surface area contributed by atoms with E-state index in [0.29, 0.717) is 37.4 Å². The van der Waals surface area contributed by atoms with Gasteiger partial charge in [0.1, 0.15) is 11.6 Å². The molecule has 3 heterocycles. The minimum atomic E-state index is -0.206. The Hall–Kier alpha value is -3.07. The molecule has 0 atom stereocenters. The molecule has 188 valence electrons. The lowest BCUT2D eigenvalue weighted by atomic mass is 10.1. The maximum atomic E-state index is 12.9. The van der Waals surface area contributed by atoms with Crippen LogP contribution in [0.1, 0.15) is 51.0 Å². The molecule has 0 bridgehead atoms. The molecule has 1 saturated carbocycles. The number of hydrogen-bond donors (Lipinski definition) is 2. The number of methoxy groups -OCH3 is 1. The molecule has 1 aromatic carbocycles. The second kappa shape index (κ2) is 10.3. The number of rotatable bonds is 6. The molecule has 1 saturated heterocycles. The minimum absolute atomic E-state index is 0.148. The van der Waals surface area contributed by atoms with Gasteiger partial charge < -0.3 is 29.9 Å². The molecule has 0 spiro atoms. The molecule has 1 amide bonds. The number of ether oxygens (including phenoxy) is 1. The Balaban J connectivity index is 1.41. The Morgan fingerprint density at radius 3 is 2.63 bits per heavy atom. The lowest BCUT2D eigenvalue weighted by molar-refractivity contribution is -0.129. The maximum absolute atomic E-state index is 12.9. The third-order valence-electron chi connectivity index (χ3n) is 7.54. The number of piperidine rings is 1. The predicted molar refractivity (Wildman–Crippen MR) is 136 cm³/mol. The summed E-state index contributed by atoms with van der Waals surface area (Å²) in [6.07, 6.45) is 7.77. The van der Waals surface area contributed by atoms with Crippen LogP contribution in [0.5, 0.6) is 5.75 Å². The van der Waals surface area contributed by atoms with Crippen molar-refractivity contribution < 1.29 is 14.6 Å². The molecule has 0 unspecified atom stereocenters. The normalized spacial score (nSPS) is 19.6. The monoisotopic (exact) mass is 480 g/mol. The van der Waals surface area contributed by atoms with Crippen molar-refractivity contribution in [1.29, 1.82) is 0 Å². The van der Waals surface area contributed by atoms with Gasteiger partial charge in [-0.1, -0.05) is 12.8 Å². The van der Waals surface area contributed by atoms with E-state index in [4.69, 9.17) is 9.72 Å². The molecule has 9 heteroatoms.